The van der Waals surface area contributed by atoms with Gasteiger partial charge in [0.25, 0.3) is 0 Å². The zero-order valence-electron chi connectivity index (χ0n) is 13.6. The van der Waals surface area contributed by atoms with Gasteiger partial charge in [-0.3, -0.25) is 14.4 Å². The van der Waals surface area contributed by atoms with Crippen LogP contribution in [-0.2, 0) is 14.4 Å². The molecule has 4 N–H and O–H groups in total. The molecule has 0 unspecified atom stereocenters. The summed E-state index contributed by atoms with van der Waals surface area (Å²) in [4.78, 5) is 35.1. The number of amides is 2. The molecule has 0 heterocycles. The Morgan fingerprint density at radius 1 is 0.920 bits per heavy atom. The molecule has 0 saturated carbocycles. The number of aliphatic carboxylic acids is 1. The first-order valence-electron chi connectivity index (χ1n) is 7.90. The second-order valence-electron chi connectivity index (χ2n) is 5.65. The maximum absolute atomic E-state index is 12.8. The molecule has 0 aliphatic heterocycles. The Balaban J connectivity index is 2.26. The zero-order chi connectivity index (χ0) is 18.2. The van der Waals surface area contributed by atoms with Gasteiger partial charge in [0.1, 0.15) is 6.04 Å². The van der Waals surface area contributed by atoms with E-state index >= 15 is 0 Å². The summed E-state index contributed by atoms with van der Waals surface area (Å²) in [7, 11) is 0. The number of hydrogen-bond donors (Lipinski definition) is 3. The lowest BCUT2D eigenvalue weighted by Crippen LogP contribution is -2.46. The van der Waals surface area contributed by atoms with Gasteiger partial charge in [-0.15, -0.1) is 0 Å². The third-order valence-corrected chi connectivity index (χ3v) is 3.83. The molecule has 2 aromatic rings. The first kappa shape index (κ1) is 18.2. The molecule has 0 aliphatic carbocycles. The summed E-state index contributed by atoms with van der Waals surface area (Å²) in [6, 6.07) is 17.3. The van der Waals surface area contributed by atoms with Crippen LogP contribution in [0.3, 0.4) is 0 Å². The van der Waals surface area contributed by atoms with Crippen LogP contribution < -0.4 is 11.1 Å². The van der Waals surface area contributed by atoms with Crippen LogP contribution in [0.15, 0.2) is 60.7 Å². The summed E-state index contributed by atoms with van der Waals surface area (Å²) in [5.74, 6) is -2.82. The maximum atomic E-state index is 12.8. The highest BCUT2D eigenvalue weighted by Gasteiger charge is 2.27. The maximum Gasteiger partial charge on any atom is 0.303 e. The van der Waals surface area contributed by atoms with E-state index in [2.05, 4.69) is 5.32 Å². The fourth-order valence-electron chi connectivity index (χ4n) is 2.59. The van der Waals surface area contributed by atoms with Crippen molar-refractivity contribution in [1.82, 2.24) is 5.32 Å². The van der Waals surface area contributed by atoms with Gasteiger partial charge in [0.15, 0.2) is 0 Å². The number of benzene rings is 2. The minimum absolute atomic E-state index is 0.0489. The highest BCUT2D eigenvalue weighted by atomic mass is 16.4. The third-order valence-electron chi connectivity index (χ3n) is 3.83. The molecule has 2 aromatic carbocycles. The van der Waals surface area contributed by atoms with E-state index in [0.29, 0.717) is 0 Å². The molecule has 0 spiro atoms. The summed E-state index contributed by atoms with van der Waals surface area (Å²) in [5, 5.41) is 11.4. The molecule has 0 aromatic heterocycles. The number of nitrogens with two attached hydrogens (primary N) is 1. The van der Waals surface area contributed by atoms with E-state index < -0.39 is 29.7 Å². The van der Waals surface area contributed by atoms with Crippen molar-refractivity contribution in [2.24, 2.45) is 5.73 Å². The van der Waals surface area contributed by atoms with Crippen molar-refractivity contribution in [2.45, 2.75) is 24.8 Å². The molecule has 2 amide bonds. The highest BCUT2D eigenvalue weighted by Crippen LogP contribution is 2.25. The summed E-state index contributed by atoms with van der Waals surface area (Å²) < 4.78 is 0. The van der Waals surface area contributed by atoms with Crippen LogP contribution >= 0.6 is 0 Å². The number of carbonyl (C=O) groups is 3. The minimum Gasteiger partial charge on any atom is -0.481 e. The van der Waals surface area contributed by atoms with Crippen LogP contribution in [0.2, 0.25) is 0 Å². The predicted octanol–water partition coefficient (Wildman–Crippen LogP) is 1.65. The van der Waals surface area contributed by atoms with Gasteiger partial charge in [0.2, 0.25) is 11.8 Å². The molecule has 0 aliphatic rings. The average molecular weight is 340 g/mol. The number of rotatable bonds is 8. The van der Waals surface area contributed by atoms with Gasteiger partial charge in [-0.05, 0) is 17.5 Å². The van der Waals surface area contributed by atoms with Crippen molar-refractivity contribution < 1.29 is 19.5 Å². The van der Waals surface area contributed by atoms with Gasteiger partial charge in [-0.2, -0.15) is 0 Å². The van der Waals surface area contributed by atoms with Crippen LogP contribution in [-0.4, -0.2) is 28.9 Å². The number of primary amides is 1. The highest BCUT2D eigenvalue weighted by molar-refractivity contribution is 5.92. The van der Waals surface area contributed by atoms with Crippen molar-refractivity contribution in [2.75, 3.05) is 0 Å². The lowest BCUT2D eigenvalue weighted by Gasteiger charge is -2.21. The number of carboxylic acid groups (broad SMARTS) is 1. The Bertz CT molecular complexity index is 692. The normalized spacial score (nSPS) is 11.7. The lowest BCUT2D eigenvalue weighted by molar-refractivity contribution is -0.137. The number of carbonyl (C=O) groups excluding carboxylic acids is 2. The topological polar surface area (TPSA) is 109 Å². The molecular formula is C19H20N2O4. The Morgan fingerprint density at radius 2 is 1.40 bits per heavy atom. The summed E-state index contributed by atoms with van der Waals surface area (Å²) >= 11 is 0. The van der Waals surface area contributed by atoms with Crippen molar-refractivity contribution >= 4 is 17.8 Å². The zero-order valence-corrected chi connectivity index (χ0v) is 13.6. The van der Waals surface area contributed by atoms with E-state index in [-0.39, 0.29) is 12.8 Å². The van der Waals surface area contributed by atoms with Crippen LogP contribution in [0.4, 0.5) is 0 Å². The molecular weight excluding hydrogens is 320 g/mol. The van der Waals surface area contributed by atoms with E-state index in [9.17, 15) is 14.4 Å². The van der Waals surface area contributed by atoms with Crippen molar-refractivity contribution in [3.63, 3.8) is 0 Å². The SMILES string of the molecule is NC(=O)[C@@H](CCC(=O)O)NC(=O)C(c1ccccc1)c1ccccc1. The van der Waals surface area contributed by atoms with E-state index in [4.69, 9.17) is 10.8 Å². The minimum atomic E-state index is -1.05. The van der Waals surface area contributed by atoms with Gasteiger partial charge in [-0.1, -0.05) is 60.7 Å². The van der Waals surface area contributed by atoms with Crippen molar-refractivity contribution in [1.29, 1.82) is 0 Å². The summed E-state index contributed by atoms with van der Waals surface area (Å²) in [6.45, 7) is 0. The van der Waals surface area contributed by atoms with E-state index in [1.54, 1.807) is 0 Å². The van der Waals surface area contributed by atoms with Crippen molar-refractivity contribution in [3.05, 3.63) is 71.8 Å². The van der Waals surface area contributed by atoms with Crippen LogP contribution in [0.25, 0.3) is 0 Å². The molecule has 0 radical (unpaired) electrons. The van der Waals surface area contributed by atoms with E-state index in [1.807, 2.05) is 60.7 Å². The Kier molecular flexibility index (Phi) is 6.28. The molecule has 0 saturated heterocycles. The largest absolute Gasteiger partial charge is 0.481 e. The van der Waals surface area contributed by atoms with Gasteiger partial charge >= 0.3 is 5.97 Å². The molecule has 1 atom stereocenters. The molecule has 25 heavy (non-hydrogen) atoms. The number of nitrogens with one attached hydrogen (secondary N) is 1. The summed E-state index contributed by atoms with van der Waals surface area (Å²) in [5.41, 5.74) is 6.84. The van der Waals surface area contributed by atoms with Gasteiger partial charge in [0.05, 0.1) is 5.92 Å². The van der Waals surface area contributed by atoms with Gasteiger partial charge < -0.3 is 16.2 Å². The fourth-order valence-corrected chi connectivity index (χ4v) is 2.59. The average Bonchev–Trinajstić information content (AvgIpc) is 2.60. The fraction of sp³-hybridized carbons (Fsp3) is 0.211. The first-order valence-corrected chi connectivity index (χ1v) is 7.90. The molecule has 6 nitrogen and oxygen atoms in total. The second-order valence-corrected chi connectivity index (χ2v) is 5.65. The van der Waals surface area contributed by atoms with Crippen LogP contribution in [0.1, 0.15) is 29.9 Å². The summed E-state index contributed by atoms with van der Waals surface area (Å²) in [6.07, 6.45) is -0.304. The monoisotopic (exact) mass is 340 g/mol. The predicted molar refractivity (Wildman–Crippen MR) is 92.7 cm³/mol. The van der Waals surface area contributed by atoms with Crippen LogP contribution in [0, 0.1) is 0 Å². The van der Waals surface area contributed by atoms with E-state index in [0.717, 1.165) is 11.1 Å². The quantitative estimate of drug-likeness (QED) is 0.679. The van der Waals surface area contributed by atoms with Crippen molar-refractivity contribution in [3.8, 4) is 0 Å². The number of carboxylic acids is 1. The molecule has 6 heteroatoms. The molecule has 0 fully saturated rings. The molecule has 0 bridgehead atoms. The third kappa shape index (κ3) is 5.17. The molecule has 130 valence electrons. The Morgan fingerprint density at radius 3 is 1.80 bits per heavy atom. The standard InChI is InChI=1S/C19H20N2O4/c20-18(24)15(11-12-16(22)23)21-19(25)17(13-7-3-1-4-8-13)14-9-5-2-6-10-14/h1-10,15,17H,11-12H2,(H2,20,24)(H,21,25)(H,22,23)/t15-/m1/s1. The Hall–Kier alpha value is -3.15. The van der Waals surface area contributed by atoms with Gasteiger partial charge in [0, 0.05) is 6.42 Å². The van der Waals surface area contributed by atoms with Gasteiger partial charge in [-0.25, -0.2) is 0 Å². The Labute approximate surface area is 145 Å². The molecule has 2 rings (SSSR count). The smallest absolute Gasteiger partial charge is 0.303 e. The number of hydrogen-bond acceptors (Lipinski definition) is 3. The van der Waals surface area contributed by atoms with Crippen LogP contribution in [0.5, 0.6) is 0 Å². The first-order chi connectivity index (χ1) is 12.0. The second kappa shape index (κ2) is 8.63. The van der Waals surface area contributed by atoms with E-state index in [1.165, 1.54) is 0 Å². The lowest BCUT2D eigenvalue weighted by atomic mass is 9.90.